The molecule has 0 amide bonds. The molecule has 8 nitrogen and oxygen atoms in total. The molecule has 2 aromatic heterocycles. The number of nitrogens with zero attached hydrogens (tertiary/aromatic N) is 4. The van der Waals surface area contributed by atoms with Crippen molar-refractivity contribution in [2.75, 3.05) is 5.73 Å². The first kappa shape index (κ1) is 11.0. The van der Waals surface area contributed by atoms with Crippen molar-refractivity contribution in [1.29, 1.82) is 0 Å². The van der Waals surface area contributed by atoms with Crippen LogP contribution in [-0.2, 0) is 6.42 Å². The second-order valence-electron chi connectivity index (χ2n) is 4.56. The van der Waals surface area contributed by atoms with Gasteiger partial charge < -0.3 is 5.73 Å². The van der Waals surface area contributed by atoms with Crippen molar-refractivity contribution in [2.45, 2.75) is 12.5 Å². The number of aromatic nitrogens is 4. The van der Waals surface area contributed by atoms with E-state index in [4.69, 9.17) is 10.3 Å². The van der Waals surface area contributed by atoms with Crippen LogP contribution in [0.3, 0.4) is 0 Å². The summed E-state index contributed by atoms with van der Waals surface area (Å²) in [4.78, 5) is 11.9. The number of nitrogens with two attached hydrogens (primary N) is 1. The van der Waals surface area contributed by atoms with Crippen LogP contribution in [0.25, 0.3) is 11.5 Å². The molecule has 20 heavy (non-hydrogen) atoms. The van der Waals surface area contributed by atoms with Crippen LogP contribution >= 0.6 is 0 Å². The van der Waals surface area contributed by atoms with Crippen molar-refractivity contribution in [3.8, 4) is 11.5 Å². The zero-order valence-electron chi connectivity index (χ0n) is 10.2. The predicted molar refractivity (Wildman–Crippen MR) is 66.8 cm³/mol. The Balaban J connectivity index is 1.87. The van der Waals surface area contributed by atoms with Gasteiger partial charge in [0.15, 0.2) is 11.5 Å². The number of hydrogen-bond donors (Lipinski definition) is 1. The molecule has 1 aliphatic rings. The molecular weight excluding hydrogens is 262 g/mol. The Hall–Kier alpha value is -2.90. The third-order valence-electron chi connectivity index (χ3n) is 3.50. The molecule has 1 aliphatic carbocycles. The molecule has 0 fully saturated rings. The minimum absolute atomic E-state index is 0.0691. The molecule has 1 unspecified atom stereocenters. The third kappa shape index (κ3) is 1.35. The summed E-state index contributed by atoms with van der Waals surface area (Å²) in [5.74, 6) is -0.255. The number of hydrogen-bond acceptors (Lipinski definition) is 7. The monoisotopic (exact) mass is 271 g/mol. The molecule has 2 N–H and O–H groups in total. The molecule has 8 heteroatoms. The fourth-order valence-corrected chi connectivity index (χ4v) is 2.50. The van der Waals surface area contributed by atoms with Crippen LogP contribution in [0.15, 0.2) is 38.2 Å². The average molecular weight is 271 g/mol. The van der Waals surface area contributed by atoms with E-state index in [2.05, 4.69) is 20.1 Å². The van der Waals surface area contributed by atoms with Crippen molar-refractivity contribution in [3.05, 3.63) is 45.9 Å². The molecular formula is C12H9N5O3. The lowest BCUT2D eigenvalue weighted by Gasteiger charge is -2.30. The molecule has 0 bridgehead atoms. The first-order valence-electron chi connectivity index (χ1n) is 6.00. The van der Waals surface area contributed by atoms with Crippen molar-refractivity contribution in [2.24, 2.45) is 0 Å². The van der Waals surface area contributed by atoms with Gasteiger partial charge in [0.05, 0.1) is 6.04 Å². The summed E-state index contributed by atoms with van der Waals surface area (Å²) in [5, 5.41) is 10.9. The Labute approximate surface area is 111 Å². The van der Waals surface area contributed by atoms with E-state index in [1.165, 1.54) is 10.1 Å². The molecule has 0 spiro atoms. The van der Waals surface area contributed by atoms with Crippen LogP contribution in [0.2, 0.25) is 0 Å². The fraction of sp³-hybridized carbons (Fsp3) is 0.167. The maximum Gasteiger partial charge on any atom is 0.442 e. The normalized spacial score (nSPS) is 16.7. The summed E-state index contributed by atoms with van der Waals surface area (Å²) in [5.41, 5.74) is 8.11. The first-order chi connectivity index (χ1) is 9.75. The van der Waals surface area contributed by atoms with E-state index in [0.717, 1.165) is 12.0 Å². The summed E-state index contributed by atoms with van der Waals surface area (Å²) in [6.45, 7) is 0. The molecule has 0 radical (unpaired) electrons. The Kier molecular flexibility index (Phi) is 2.08. The lowest BCUT2D eigenvalue weighted by molar-refractivity contribution is 0.309. The highest BCUT2D eigenvalue weighted by Gasteiger charge is 2.33. The van der Waals surface area contributed by atoms with Gasteiger partial charge in [-0.2, -0.15) is 0 Å². The minimum atomic E-state index is -0.554. The number of anilines is 1. The van der Waals surface area contributed by atoms with Crippen molar-refractivity contribution in [1.82, 2.24) is 20.0 Å². The zero-order valence-corrected chi connectivity index (χ0v) is 10.2. The molecule has 0 saturated heterocycles. The van der Waals surface area contributed by atoms with Gasteiger partial charge in [-0.15, -0.1) is 0 Å². The van der Waals surface area contributed by atoms with Gasteiger partial charge in [0.2, 0.25) is 5.82 Å². The maximum atomic E-state index is 11.9. The van der Waals surface area contributed by atoms with Crippen LogP contribution in [0.1, 0.15) is 17.2 Å². The molecule has 1 atom stereocenters. The standard InChI is InChI=1S/C12H9N5O3/c13-10-9(14-20-15-10)11-16-19-12(18)17(11)8-5-6-3-1-2-4-7(6)8/h1-4,8H,5H2,(H2,13,15). The van der Waals surface area contributed by atoms with E-state index >= 15 is 0 Å². The van der Waals surface area contributed by atoms with E-state index in [0.29, 0.717) is 0 Å². The first-order valence-corrected chi connectivity index (χ1v) is 6.00. The van der Waals surface area contributed by atoms with Gasteiger partial charge in [-0.1, -0.05) is 29.4 Å². The molecule has 100 valence electrons. The Morgan fingerprint density at radius 1 is 1.25 bits per heavy atom. The highest BCUT2D eigenvalue weighted by Crippen LogP contribution is 2.37. The van der Waals surface area contributed by atoms with E-state index in [1.54, 1.807) is 0 Å². The highest BCUT2D eigenvalue weighted by atomic mass is 16.6. The molecule has 3 aromatic rings. The lowest BCUT2D eigenvalue weighted by atomic mass is 9.83. The highest BCUT2D eigenvalue weighted by molar-refractivity contribution is 5.62. The SMILES string of the molecule is Nc1nonc1-c1noc(=O)n1C1Cc2ccccc21. The summed E-state index contributed by atoms with van der Waals surface area (Å²) < 4.78 is 10.7. The lowest BCUT2D eigenvalue weighted by Crippen LogP contribution is -2.31. The smallest absolute Gasteiger partial charge is 0.379 e. The van der Waals surface area contributed by atoms with Gasteiger partial charge in [0.25, 0.3) is 0 Å². The van der Waals surface area contributed by atoms with Crippen LogP contribution in [0, 0.1) is 0 Å². The quantitative estimate of drug-likeness (QED) is 0.726. The van der Waals surface area contributed by atoms with Crippen LogP contribution in [0.4, 0.5) is 5.82 Å². The van der Waals surface area contributed by atoms with Crippen LogP contribution < -0.4 is 11.5 Å². The Morgan fingerprint density at radius 2 is 2.10 bits per heavy atom. The molecule has 4 rings (SSSR count). The predicted octanol–water partition coefficient (Wildman–Crippen LogP) is 0.614. The van der Waals surface area contributed by atoms with Gasteiger partial charge in [-0.25, -0.2) is 14.0 Å². The van der Waals surface area contributed by atoms with Gasteiger partial charge >= 0.3 is 5.76 Å². The van der Waals surface area contributed by atoms with E-state index < -0.39 is 5.76 Å². The Bertz CT molecular complexity index is 847. The van der Waals surface area contributed by atoms with Crippen molar-refractivity contribution in [3.63, 3.8) is 0 Å². The second kappa shape index (κ2) is 3.80. The van der Waals surface area contributed by atoms with E-state index in [9.17, 15) is 4.79 Å². The summed E-state index contributed by atoms with van der Waals surface area (Å²) in [7, 11) is 0. The minimum Gasteiger partial charge on any atom is -0.379 e. The van der Waals surface area contributed by atoms with Crippen LogP contribution in [-0.4, -0.2) is 20.0 Å². The number of benzene rings is 1. The molecule has 0 saturated carbocycles. The average Bonchev–Trinajstić information content (AvgIpc) is 2.98. The second-order valence-corrected chi connectivity index (χ2v) is 4.56. The molecule has 2 heterocycles. The summed E-state index contributed by atoms with van der Waals surface area (Å²) >= 11 is 0. The summed E-state index contributed by atoms with van der Waals surface area (Å²) in [6.07, 6.45) is 0.732. The van der Waals surface area contributed by atoms with Gasteiger partial charge in [0.1, 0.15) is 0 Å². The topological polar surface area (TPSA) is 113 Å². The molecule has 0 aliphatic heterocycles. The van der Waals surface area contributed by atoms with Gasteiger partial charge in [-0.3, -0.25) is 4.52 Å². The summed E-state index contributed by atoms with van der Waals surface area (Å²) in [6, 6.07) is 7.75. The number of nitrogen functional groups attached to an aromatic ring is 1. The third-order valence-corrected chi connectivity index (χ3v) is 3.50. The fourth-order valence-electron chi connectivity index (χ4n) is 2.50. The maximum absolute atomic E-state index is 11.9. The number of rotatable bonds is 2. The van der Waals surface area contributed by atoms with Gasteiger partial charge in [-0.05, 0) is 27.9 Å². The van der Waals surface area contributed by atoms with Crippen molar-refractivity contribution >= 4 is 5.82 Å². The zero-order chi connectivity index (χ0) is 13.7. The number of fused-ring (bicyclic) bond motifs is 1. The molecule has 1 aromatic carbocycles. The van der Waals surface area contributed by atoms with E-state index in [1.807, 2.05) is 24.3 Å². The van der Waals surface area contributed by atoms with Gasteiger partial charge in [0, 0.05) is 0 Å². The van der Waals surface area contributed by atoms with E-state index in [-0.39, 0.29) is 23.4 Å². The van der Waals surface area contributed by atoms with Crippen LogP contribution in [0.5, 0.6) is 0 Å². The largest absolute Gasteiger partial charge is 0.442 e. The van der Waals surface area contributed by atoms with Crippen molar-refractivity contribution < 1.29 is 9.15 Å². The Morgan fingerprint density at radius 3 is 2.85 bits per heavy atom.